The van der Waals surface area contributed by atoms with Crippen LogP contribution in [0.15, 0.2) is 60.7 Å². The normalized spacial score (nSPS) is 10.7. The SMILES string of the molecule is CCCCOc1cccc(CCNC(=O)/C=C/c2ccccc2)c1. The van der Waals surface area contributed by atoms with Gasteiger partial charge in [0.2, 0.25) is 5.91 Å². The van der Waals surface area contributed by atoms with Crippen molar-refractivity contribution in [3.05, 3.63) is 71.8 Å². The molecule has 2 rings (SSSR count). The van der Waals surface area contributed by atoms with E-state index in [0.717, 1.165) is 42.7 Å². The molecule has 3 nitrogen and oxygen atoms in total. The van der Waals surface area contributed by atoms with Crippen molar-refractivity contribution in [2.45, 2.75) is 26.2 Å². The van der Waals surface area contributed by atoms with Gasteiger partial charge in [0.25, 0.3) is 0 Å². The average molecular weight is 323 g/mol. The number of rotatable bonds is 9. The summed E-state index contributed by atoms with van der Waals surface area (Å²) in [6.07, 6.45) is 6.36. The van der Waals surface area contributed by atoms with Crippen molar-refractivity contribution in [3.63, 3.8) is 0 Å². The van der Waals surface area contributed by atoms with Crippen LogP contribution in [0.5, 0.6) is 5.75 Å². The maximum Gasteiger partial charge on any atom is 0.244 e. The summed E-state index contributed by atoms with van der Waals surface area (Å²) in [6.45, 7) is 3.51. The van der Waals surface area contributed by atoms with Crippen molar-refractivity contribution in [3.8, 4) is 5.75 Å². The van der Waals surface area contributed by atoms with Gasteiger partial charge in [0.15, 0.2) is 0 Å². The minimum Gasteiger partial charge on any atom is -0.494 e. The van der Waals surface area contributed by atoms with Gasteiger partial charge in [0, 0.05) is 12.6 Å². The molecule has 1 amide bonds. The van der Waals surface area contributed by atoms with E-state index < -0.39 is 0 Å². The van der Waals surface area contributed by atoms with Crippen LogP contribution >= 0.6 is 0 Å². The van der Waals surface area contributed by atoms with E-state index in [1.807, 2.05) is 54.6 Å². The first-order chi connectivity index (χ1) is 11.8. The molecule has 2 aromatic rings. The summed E-state index contributed by atoms with van der Waals surface area (Å²) in [5.74, 6) is 0.824. The topological polar surface area (TPSA) is 38.3 Å². The van der Waals surface area contributed by atoms with E-state index in [-0.39, 0.29) is 5.91 Å². The first-order valence-electron chi connectivity index (χ1n) is 8.50. The van der Waals surface area contributed by atoms with Crippen LogP contribution in [-0.4, -0.2) is 19.1 Å². The van der Waals surface area contributed by atoms with Crippen LogP contribution in [0.25, 0.3) is 6.08 Å². The zero-order chi connectivity index (χ0) is 17.0. The van der Waals surface area contributed by atoms with Crippen LogP contribution in [0.2, 0.25) is 0 Å². The fraction of sp³-hybridized carbons (Fsp3) is 0.286. The Hall–Kier alpha value is -2.55. The Bertz CT molecular complexity index is 650. The summed E-state index contributed by atoms with van der Waals surface area (Å²) < 4.78 is 5.70. The molecule has 0 aromatic heterocycles. The number of ether oxygens (including phenoxy) is 1. The summed E-state index contributed by atoms with van der Waals surface area (Å²) in [7, 11) is 0. The molecule has 0 atom stereocenters. The lowest BCUT2D eigenvalue weighted by atomic mass is 10.1. The average Bonchev–Trinajstić information content (AvgIpc) is 2.61. The van der Waals surface area contributed by atoms with Crippen LogP contribution in [0.4, 0.5) is 0 Å². The van der Waals surface area contributed by atoms with Gasteiger partial charge in [-0.2, -0.15) is 0 Å². The predicted molar refractivity (Wildman–Crippen MR) is 99.0 cm³/mol. The summed E-state index contributed by atoms with van der Waals surface area (Å²) in [5, 5.41) is 2.91. The van der Waals surface area contributed by atoms with Crippen LogP contribution in [0.3, 0.4) is 0 Å². The second-order valence-electron chi connectivity index (χ2n) is 5.63. The molecule has 0 bridgehead atoms. The Kier molecular flexibility index (Phi) is 7.61. The first-order valence-corrected chi connectivity index (χ1v) is 8.50. The van der Waals surface area contributed by atoms with Gasteiger partial charge in [0.05, 0.1) is 6.61 Å². The van der Waals surface area contributed by atoms with E-state index in [9.17, 15) is 4.79 Å². The molecule has 0 unspecified atom stereocenters. The monoisotopic (exact) mass is 323 g/mol. The van der Waals surface area contributed by atoms with Crippen LogP contribution < -0.4 is 10.1 Å². The van der Waals surface area contributed by atoms with Gasteiger partial charge < -0.3 is 10.1 Å². The summed E-state index contributed by atoms with van der Waals surface area (Å²) in [4.78, 5) is 11.8. The molecule has 0 fully saturated rings. The third kappa shape index (κ3) is 6.69. The van der Waals surface area contributed by atoms with Crippen LogP contribution in [0.1, 0.15) is 30.9 Å². The lowest BCUT2D eigenvalue weighted by Gasteiger charge is -2.08. The Morgan fingerprint density at radius 3 is 2.75 bits per heavy atom. The summed E-state index contributed by atoms with van der Waals surface area (Å²) in [6, 6.07) is 17.9. The third-order valence-electron chi connectivity index (χ3n) is 3.60. The molecule has 0 saturated heterocycles. The maximum absolute atomic E-state index is 11.8. The van der Waals surface area contributed by atoms with E-state index in [4.69, 9.17) is 4.74 Å². The Balaban J connectivity index is 1.74. The highest BCUT2D eigenvalue weighted by atomic mass is 16.5. The van der Waals surface area contributed by atoms with E-state index in [0.29, 0.717) is 6.54 Å². The Morgan fingerprint density at radius 2 is 1.96 bits per heavy atom. The quantitative estimate of drug-likeness (QED) is 0.554. The second-order valence-corrected chi connectivity index (χ2v) is 5.63. The van der Waals surface area contributed by atoms with Gasteiger partial charge in [-0.05, 0) is 42.2 Å². The number of hydrogen-bond acceptors (Lipinski definition) is 2. The summed E-state index contributed by atoms with van der Waals surface area (Å²) in [5.41, 5.74) is 2.18. The maximum atomic E-state index is 11.8. The lowest BCUT2D eigenvalue weighted by molar-refractivity contribution is -0.116. The number of carbonyl (C=O) groups is 1. The van der Waals surface area contributed by atoms with E-state index in [1.54, 1.807) is 6.08 Å². The fourth-order valence-corrected chi connectivity index (χ4v) is 2.25. The standard InChI is InChI=1S/C21H25NO2/c1-2-3-16-24-20-11-7-10-19(17-20)14-15-22-21(23)13-12-18-8-5-4-6-9-18/h4-13,17H,2-3,14-16H2,1H3,(H,22,23)/b13-12+. The predicted octanol–water partition coefficient (Wildman–Crippen LogP) is 4.24. The van der Waals surface area contributed by atoms with Crippen molar-refractivity contribution >= 4 is 12.0 Å². The van der Waals surface area contributed by atoms with Crippen molar-refractivity contribution < 1.29 is 9.53 Å². The molecule has 0 aliphatic heterocycles. The molecule has 0 heterocycles. The van der Waals surface area contributed by atoms with Crippen LogP contribution in [0, 0.1) is 0 Å². The van der Waals surface area contributed by atoms with Crippen LogP contribution in [-0.2, 0) is 11.2 Å². The minimum atomic E-state index is -0.0748. The molecule has 2 aromatic carbocycles. The molecular weight excluding hydrogens is 298 g/mol. The zero-order valence-electron chi connectivity index (χ0n) is 14.2. The van der Waals surface area contributed by atoms with E-state index >= 15 is 0 Å². The smallest absolute Gasteiger partial charge is 0.244 e. The number of nitrogens with one attached hydrogen (secondary N) is 1. The lowest BCUT2D eigenvalue weighted by Crippen LogP contribution is -2.23. The highest BCUT2D eigenvalue weighted by Gasteiger charge is 1.99. The van der Waals surface area contributed by atoms with Crippen molar-refractivity contribution in [1.29, 1.82) is 0 Å². The molecule has 24 heavy (non-hydrogen) atoms. The number of hydrogen-bond donors (Lipinski definition) is 1. The highest BCUT2D eigenvalue weighted by molar-refractivity contribution is 5.91. The zero-order valence-corrected chi connectivity index (χ0v) is 14.2. The molecule has 0 saturated carbocycles. The molecule has 0 radical (unpaired) electrons. The Morgan fingerprint density at radius 1 is 1.12 bits per heavy atom. The third-order valence-corrected chi connectivity index (χ3v) is 3.60. The first kappa shape index (κ1) is 17.8. The van der Waals surface area contributed by atoms with Crippen molar-refractivity contribution in [2.75, 3.05) is 13.2 Å². The van der Waals surface area contributed by atoms with Crippen molar-refractivity contribution in [1.82, 2.24) is 5.32 Å². The number of amides is 1. The van der Waals surface area contributed by atoms with Gasteiger partial charge in [-0.25, -0.2) is 0 Å². The Labute approximate surface area is 144 Å². The summed E-state index contributed by atoms with van der Waals surface area (Å²) >= 11 is 0. The van der Waals surface area contributed by atoms with Gasteiger partial charge in [-0.1, -0.05) is 55.8 Å². The molecule has 3 heteroatoms. The molecule has 0 aliphatic rings. The minimum absolute atomic E-state index is 0.0748. The van der Waals surface area contributed by atoms with Crippen molar-refractivity contribution in [2.24, 2.45) is 0 Å². The number of benzene rings is 2. The molecule has 126 valence electrons. The largest absolute Gasteiger partial charge is 0.494 e. The number of unbranched alkanes of at least 4 members (excludes halogenated alkanes) is 1. The van der Waals surface area contributed by atoms with Gasteiger partial charge >= 0.3 is 0 Å². The molecule has 0 aliphatic carbocycles. The number of carbonyl (C=O) groups excluding carboxylic acids is 1. The van der Waals surface area contributed by atoms with Gasteiger partial charge in [0.1, 0.15) is 5.75 Å². The highest BCUT2D eigenvalue weighted by Crippen LogP contribution is 2.14. The molecular formula is C21H25NO2. The molecule has 0 spiro atoms. The van der Waals surface area contributed by atoms with Gasteiger partial charge in [-0.3, -0.25) is 4.79 Å². The fourth-order valence-electron chi connectivity index (χ4n) is 2.25. The van der Waals surface area contributed by atoms with Gasteiger partial charge in [-0.15, -0.1) is 0 Å². The van der Waals surface area contributed by atoms with E-state index in [1.165, 1.54) is 0 Å². The second kappa shape index (κ2) is 10.3. The molecule has 1 N–H and O–H groups in total. The van der Waals surface area contributed by atoms with E-state index in [2.05, 4.69) is 18.3 Å².